The van der Waals surface area contributed by atoms with Crippen molar-refractivity contribution in [1.29, 1.82) is 0 Å². The van der Waals surface area contributed by atoms with Crippen LogP contribution in [-0.2, 0) is 14.3 Å². The van der Waals surface area contributed by atoms with Crippen molar-refractivity contribution in [3.8, 4) is 11.1 Å². The van der Waals surface area contributed by atoms with Gasteiger partial charge in [0, 0.05) is 25.0 Å². The van der Waals surface area contributed by atoms with Gasteiger partial charge >= 0.3 is 12.1 Å². The largest absolute Gasteiger partial charge is 0.481 e. The number of hydrogen-bond acceptors (Lipinski definition) is 4. The van der Waals surface area contributed by atoms with Crippen LogP contribution in [0.1, 0.15) is 56.6 Å². The molecule has 0 aromatic heterocycles. The number of carbonyl (C=O) groups is 3. The van der Waals surface area contributed by atoms with Crippen molar-refractivity contribution in [2.24, 2.45) is 11.8 Å². The van der Waals surface area contributed by atoms with Crippen LogP contribution in [0.5, 0.6) is 0 Å². The first-order valence-corrected chi connectivity index (χ1v) is 12.5. The number of piperidine rings is 1. The topological polar surface area (TPSA) is 95.9 Å². The molecule has 0 bridgehead atoms. The van der Waals surface area contributed by atoms with Crippen LogP contribution in [0.2, 0.25) is 0 Å². The van der Waals surface area contributed by atoms with Crippen LogP contribution in [-0.4, -0.2) is 53.7 Å². The van der Waals surface area contributed by atoms with Crippen molar-refractivity contribution >= 4 is 18.0 Å². The van der Waals surface area contributed by atoms with Crippen molar-refractivity contribution in [1.82, 2.24) is 10.2 Å². The number of hydrogen-bond donors (Lipinski definition) is 2. The number of carboxylic acids is 1. The molecule has 2 aromatic rings. The number of carboxylic acid groups (broad SMARTS) is 1. The number of ether oxygens (including phenoxy) is 1. The lowest BCUT2D eigenvalue weighted by Crippen LogP contribution is -2.52. The maximum atomic E-state index is 13.3. The number of benzene rings is 2. The lowest BCUT2D eigenvalue weighted by molar-refractivity contribution is -0.150. The quantitative estimate of drug-likeness (QED) is 0.576. The van der Waals surface area contributed by atoms with Gasteiger partial charge in [-0.3, -0.25) is 9.59 Å². The Kier molecular flexibility index (Phi) is 7.73. The molecular formula is C28H34N2O5. The molecule has 2 amide bonds. The van der Waals surface area contributed by atoms with Gasteiger partial charge in [-0.1, -0.05) is 61.9 Å². The van der Waals surface area contributed by atoms with E-state index in [-0.39, 0.29) is 31.0 Å². The van der Waals surface area contributed by atoms with Crippen LogP contribution in [0.15, 0.2) is 48.5 Å². The summed E-state index contributed by atoms with van der Waals surface area (Å²) in [6.45, 7) is 4.74. The molecule has 3 atom stereocenters. The summed E-state index contributed by atoms with van der Waals surface area (Å²) >= 11 is 0. The third kappa shape index (κ3) is 5.19. The zero-order valence-corrected chi connectivity index (χ0v) is 20.4. The highest BCUT2D eigenvalue weighted by Gasteiger charge is 2.37. The summed E-state index contributed by atoms with van der Waals surface area (Å²) in [5, 5.41) is 12.3. The third-order valence-corrected chi connectivity index (χ3v) is 7.41. The van der Waals surface area contributed by atoms with Gasteiger partial charge in [0.15, 0.2) is 0 Å². The molecule has 2 aliphatic rings. The normalized spacial score (nSPS) is 20.0. The predicted octanol–water partition coefficient (Wildman–Crippen LogP) is 4.65. The van der Waals surface area contributed by atoms with Gasteiger partial charge in [0.25, 0.3) is 0 Å². The van der Waals surface area contributed by atoms with E-state index in [4.69, 9.17) is 4.74 Å². The lowest BCUT2D eigenvalue weighted by atomic mass is 9.88. The monoisotopic (exact) mass is 478 g/mol. The Bertz CT molecular complexity index is 1040. The summed E-state index contributed by atoms with van der Waals surface area (Å²) in [7, 11) is 0. The highest BCUT2D eigenvalue weighted by atomic mass is 16.5. The second-order valence-electron chi connectivity index (χ2n) is 9.55. The minimum absolute atomic E-state index is 0.0247. The zero-order chi connectivity index (χ0) is 24.9. The molecule has 1 saturated heterocycles. The Morgan fingerprint density at radius 2 is 1.71 bits per heavy atom. The summed E-state index contributed by atoms with van der Waals surface area (Å²) in [5.74, 6) is -1.94. The lowest BCUT2D eigenvalue weighted by Gasteiger charge is -2.39. The van der Waals surface area contributed by atoms with Crippen LogP contribution >= 0.6 is 0 Å². The maximum absolute atomic E-state index is 13.3. The number of fused-ring (bicyclic) bond motifs is 3. The summed E-state index contributed by atoms with van der Waals surface area (Å²) in [4.78, 5) is 39.1. The summed E-state index contributed by atoms with van der Waals surface area (Å²) < 4.78 is 5.61. The number of aliphatic carboxylic acids is 1. The molecule has 0 spiro atoms. The van der Waals surface area contributed by atoms with Gasteiger partial charge in [-0.15, -0.1) is 0 Å². The first-order valence-electron chi connectivity index (χ1n) is 12.5. The molecular weight excluding hydrogens is 444 g/mol. The van der Waals surface area contributed by atoms with Crippen LogP contribution in [0.3, 0.4) is 0 Å². The number of likely N-dealkylation sites (tertiary alicyclic amines) is 1. The van der Waals surface area contributed by atoms with E-state index < -0.39 is 23.9 Å². The Labute approximate surface area is 206 Å². The number of nitrogens with zero attached hydrogens (tertiary/aromatic N) is 1. The molecule has 35 heavy (non-hydrogen) atoms. The molecule has 2 N–H and O–H groups in total. The van der Waals surface area contributed by atoms with Gasteiger partial charge in [-0.05, 0) is 48.4 Å². The Hall–Kier alpha value is -3.35. The van der Waals surface area contributed by atoms with E-state index in [0.29, 0.717) is 25.8 Å². The number of carbonyl (C=O) groups excluding carboxylic acids is 2. The standard InChI is InChI=1S/C28H34N2O5/c1-3-9-19(26(31)30-15-8-14-20(18(30)2)27(32)33)16-29-28(34)35-17-25-23-12-6-4-10-21(23)22-11-5-7-13-24(22)25/h4-7,10-13,18-20,25H,3,8-9,14-17H2,1-2H3,(H,29,34)(H,32,33). The average molecular weight is 479 g/mol. The van der Waals surface area contributed by atoms with E-state index in [2.05, 4.69) is 29.6 Å². The second-order valence-corrected chi connectivity index (χ2v) is 9.55. The van der Waals surface area contributed by atoms with Crippen LogP contribution in [0.4, 0.5) is 4.79 Å². The van der Waals surface area contributed by atoms with Gasteiger partial charge in [-0.2, -0.15) is 0 Å². The van der Waals surface area contributed by atoms with Gasteiger partial charge in [0.05, 0.1) is 11.8 Å². The molecule has 186 valence electrons. The minimum atomic E-state index is -0.862. The zero-order valence-electron chi connectivity index (χ0n) is 20.4. The smallest absolute Gasteiger partial charge is 0.407 e. The fourth-order valence-corrected chi connectivity index (χ4v) is 5.54. The van der Waals surface area contributed by atoms with E-state index >= 15 is 0 Å². The minimum Gasteiger partial charge on any atom is -0.481 e. The molecule has 1 aliphatic heterocycles. The molecule has 0 saturated carbocycles. The van der Waals surface area contributed by atoms with Gasteiger partial charge < -0.3 is 20.1 Å². The Balaban J connectivity index is 1.36. The van der Waals surface area contributed by atoms with E-state index in [1.165, 1.54) is 11.1 Å². The summed E-state index contributed by atoms with van der Waals surface area (Å²) in [5.41, 5.74) is 4.63. The van der Waals surface area contributed by atoms with Gasteiger partial charge in [-0.25, -0.2) is 4.79 Å². The van der Waals surface area contributed by atoms with Crippen molar-refractivity contribution < 1.29 is 24.2 Å². The Morgan fingerprint density at radius 3 is 2.31 bits per heavy atom. The van der Waals surface area contributed by atoms with Crippen molar-refractivity contribution in [2.75, 3.05) is 19.7 Å². The fraction of sp³-hybridized carbons (Fsp3) is 0.464. The molecule has 7 nitrogen and oxygen atoms in total. The number of nitrogens with one attached hydrogen (secondary N) is 1. The molecule has 0 radical (unpaired) electrons. The molecule has 7 heteroatoms. The summed E-state index contributed by atoms with van der Waals surface area (Å²) in [6.07, 6.45) is 2.11. The van der Waals surface area contributed by atoms with E-state index in [1.54, 1.807) is 11.8 Å². The number of rotatable bonds is 8. The highest BCUT2D eigenvalue weighted by molar-refractivity contribution is 5.82. The van der Waals surface area contributed by atoms with Gasteiger partial charge in [0.1, 0.15) is 6.61 Å². The Morgan fingerprint density at radius 1 is 1.09 bits per heavy atom. The molecule has 4 rings (SSSR count). The number of amides is 2. The number of alkyl carbamates (subject to hydrolysis) is 1. The SMILES string of the molecule is CCCC(CNC(=O)OCC1c2ccccc2-c2ccccc21)C(=O)N1CCCC(C(=O)O)C1C. The van der Waals surface area contributed by atoms with Crippen molar-refractivity contribution in [2.45, 2.75) is 51.5 Å². The van der Waals surface area contributed by atoms with Crippen LogP contribution in [0.25, 0.3) is 11.1 Å². The molecule has 1 fully saturated rings. The maximum Gasteiger partial charge on any atom is 0.407 e. The first-order chi connectivity index (χ1) is 16.9. The summed E-state index contributed by atoms with van der Waals surface area (Å²) in [6, 6.07) is 16.0. The molecule has 1 aliphatic carbocycles. The van der Waals surface area contributed by atoms with E-state index in [1.807, 2.05) is 31.2 Å². The second kappa shape index (κ2) is 10.9. The average Bonchev–Trinajstić information content (AvgIpc) is 3.18. The van der Waals surface area contributed by atoms with Gasteiger partial charge in [0.2, 0.25) is 5.91 Å². The molecule has 2 aromatic carbocycles. The third-order valence-electron chi connectivity index (χ3n) is 7.41. The van der Waals surface area contributed by atoms with Crippen molar-refractivity contribution in [3.63, 3.8) is 0 Å². The first kappa shape index (κ1) is 24.8. The molecule has 1 heterocycles. The fourth-order valence-electron chi connectivity index (χ4n) is 5.54. The predicted molar refractivity (Wildman–Crippen MR) is 133 cm³/mol. The van der Waals surface area contributed by atoms with Crippen molar-refractivity contribution in [3.05, 3.63) is 59.7 Å². The molecule has 3 unspecified atom stereocenters. The van der Waals surface area contributed by atoms with E-state index in [0.717, 1.165) is 17.5 Å². The van der Waals surface area contributed by atoms with Crippen LogP contribution in [0, 0.1) is 11.8 Å². The van der Waals surface area contributed by atoms with E-state index in [9.17, 15) is 19.5 Å². The van der Waals surface area contributed by atoms with Crippen LogP contribution < -0.4 is 5.32 Å². The highest BCUT2D eigenvalue weighted by Crippen LogP contribution is 2.44.